The molecule has 0 saturated heterocycles. The summed E-state index contributed by atoms with van der Waals surface area (Å²) in [5.41, 5.74) is 2.51. The molecule has 3 aromatic rings. The van der Waals surface area contributed by atoms with E-state index in [1.54, 1.807) is 24.3 Å². The van der Waals surface area contributed by atoms with Crippen LogP contribution in [-0.2, 0) is 10.0 Å². The average Bonchev–Trinajstić information content (AvgIpc) is 2.77. The molecule has 108 valence electrons. The smallest absolute Gasteiger partial charge is 0.261 e. The Bertz CT molecular complexity index is 916. The third-order valence-corrected chi connectivity index (χ3v) is 4.73. The zero-order valence-electron chi connectivity index (χ0n) is 11.2. The highest BCUT2D eigenvalue weighted by molar-refractivity contribution is 7.92. The molecule has 0 spiro atoms. The molecule has 4 nitrogen and oxygen atoms in total. The summed E-state index contributed by atoms with van der Waals surface area (Å²) < 4.78 is 27.2. The highest BCUT2D eigenvalue weighted by atomic mass is 35.5. The number of aromatic amines is 1. The van der Waals surface area contributed by atoms with Gasteiger partial charge in [-0.05, 0) is 49.4 Å². The van der Waals surface area contributed by atoms with Crippen LogP contribution in [0.2, 0.25) is 5.02 Å². The van der Waals surface area contributed by atoms with E-state index in [9.17, 15) is 8.42 Å². The summed E-state index contributed by atoms with van der Waals surface area (Å²) in [7, 11) is -3.64. The van der Waals surface area contributed by atoms with Crippen LogP contribution in [0.3, 0.4) is 0 Å². The van der Waals surface area contributed by atoms with Gasteiger partial charge < -0.3 is 4.98 Å². The minimum Gasteiger partial charge on any atom is -0.359 e. The molecule has 0 unspecified atom stereocenters. The quantitative estimate of drug-likeness (QED) is 0.768. The summed E-state index contributed by atoms with van der Waals surface area (Å²) in [6.45, 7) is 1.95. The van der Waals surface area contributed by atoms with Crippen LogP contribution in [0.15, 0.2) is 53.4 Å². The molecule has 2 N–H and O–H groups in total. The number of hydrogen-bond donors (Lipinski definition) is 2. The lowest BCUT2D eigenvalue weighted by Crippen LogP contribution is -2.12. The molecule has 0 fully saturated rings. The summed E-state index contributed by atoms with van der Waals surface area (Å²) >= 11 is 5.84. The van der Waals surface area contributed by atoms with Crippen molar-refractivity contribution in [2.75, 3.05) is 4.72 Å². The van der Waals surface area contributed by atoms with Crippen molar-refractivity contribution in [3.63, 3.8) is 0 Å². The Balaban J connectivity index is 1.96. The van der Waals surface area contributed by atoms with E-state index in [1.807, 2.05) is 19.1 Å². The largest absolute Gasteiger partial charge is 0.359 e. The predicted octanol–water partition coefficient (Wildman–Crippen LogP) is 3.93. The van der Waals surface area contributed by atoms with Crippen LogP contribution in [0.1, 0.15) is 5.69 Å². The van der Waals surface area contributed by atoms with E-state index in [0.29, 0.717) is 10.7 Å². The van der Waals surface area contributed by atoms with Crippen molar-refractivity contribution < 1.29 is 8.42 Å². The summed E-state index contributed by atoms with van der Waals surface area (Å²) in [5.74, 6) is 0. The van der Waals surface area contributed by atoms with Crippen LogP contribution < -0.4 is 4.72 Å². The van der Waals surface area contributed by atoms with Crippen molar-refractivity contribution in [1.82, 2.24) is 4.98 Å². The average molecular weight is 321 g/mol. The van der Waals surface area contributed by atoms with Gasteiger partial charge in [0.2, 0.25) is 0 Å². The van der Waals surface area contributed by atoms with Crippen LogP contribution >= 0.6 is 11.6 Å². The second-order valence-corrected chi connectivity index (χ2v) is 6.94. The minimum atomic E-state index is -3.64. The first-order valence-corrected chi connectivity index (χ1v) is 8.18. The number of rotatable bonds is 3. The van der Waals surface area contributed by atoms with E-state index in [2.05, 4.69) is 9.71 Å². The first kappa shape index (κ1) is 14.0. The fraction of sp³-hybridized carbons (Fsp3) is 0.0667. The molecule has 0 saturated carbocycles. The van der Waals surface area contributed by atoms with Gasteiger partial charge in [-0.15, -0.1) is 0 Å². The molecule has 0 aliphatic rings. The number of sulfonamides is 1. The monoisotopic (exact) mass is 320 g/mol. The van der Waals surface area contributed by atoms with E-state index in [0.717, 1.165) is 16.6 Å². The standard InChI is InChI=1S/C15H13ClN2O2S/c1-10-7-11-8-13(5-6-15(11)17-10)18-21(19,20)14-4-2-3-12(16)9-14/h2-9,17-18H,1H3. The van der Waals surface area contributed by atoms with Crippen molar-refractivity contribution in [3.05, 3.63) is 59.2 Å². The maximum atomic E-state index is 12.3. The molecule has 1 aromatic heterocycles. The highest BCUT2D eigenvalue weighted by Crippen LogP contribution is 2.23. The van der Waals surface area contributed by atoms with Gasteiger partial charge in [-0.2, -0.15) is 0 Å². The first-order valence-electron chi connectivity index (χ1n) is 6.32. The number of anilines is 1. The van der Waals surface area contributed by atoms with E-state index in [-0.39, 0.29) is 4.90 Å². The van der Waals surface area contributed by atoms with Crippen molar-refractivity contribution >= 4 is 38.2 Å². The Morgan fingerprint density at radius 2 is 1.90 bits per heavy atom. The molecule has 2 aromatic carbocycles. The number of H-pyrrole nitrogens is 1. The normalized spacial score (nSPS) is 11.7. The topological polar surface area (TPSA) is 62.0 Å². The molecular weight excluding hydrogens is 308 g/mol. The van der Waals surface area contributed by atoms with Crippen molar-refractivity contribution in [3.8, 4) is 0 Å². The summed E-state index contributed by atoms with van der Waals surface area (Å²) in [6.07, 6.45) is 0. The number of aryl methyl sites for hydroxylation is 1. The Morgan fingerprint density at radius 3 is 2.67 bits per heavy atom. The van der Waals surface area contributed by atoms with E-state index < -0.39 is 10.0 Å². The third kappa shape index (κ3) is 2.89. The fourth-order valence-electron chi connectivity index (χ4n) is 2.19. The zero-order valence-corrected chi connectivity index (χ0v) is 12.8. The van der Waals surface area contributed by atoms with Crippen LogP contribution in [0.4, 0.5) is 5.69 Å². The Kier molecular flexibility index (Phi) is 3.39. The minimum absolute atomic E-state index is 0.139. The molecular formula is C15H13ClN2O2S. The van der Waals surface area contributed by atoms with E-state index >= 15 is 0 Å². The Hall–Kier alpha value is -1.98. The SMILES string of the molecule is Cc1cc2cc(NS(=O)(=O)c3cccc(Cl)c3)ccc2[nH]1. The summed E-state index contributed by atoms with van der Waals surface area (Å²) in [5, 5.41) is 1.34. The molecule has 0 atom stereocenters. The molecule has 6 heteroatoms. The molecule has 0 aliphatic heterocycles. The molecule has 1 heterocycles. The second-order valence-electron chi connectivity index (χ2n) is 4.82. The van der Waals surface area contributed by atoms with Gasteiger partial charge in [-0.25, -0.2) is 8.42 Å². The van der Waals surface area contributed by atoms with E-state index in [4.69, 9.17) is 11.6 Å². The van der Waals surface area contributed by atoms with Gasteiger partial charge in [-0.1, -0.05) is 17.7 Å². The molecule has 0 aliphatic carbocycles. The maximum absolute atomic E-state index is 12.3. The number of hydrogen-bond acceptors (Lipinski definition) is 2. The van der Waals surface area contributed by atoms with Crippen molar-refractivity contribution in [2.45, 2.75) is 11.8 Å². The number of fused-ring (bicyclic) bond motifs is 1. The number of halogens is 1. The zero-order chi connectivity index (χ0) is 15.0. The number of aromatic nitrogens is 1. The summed E-state index contributed by atoms with van der Waals surface area (Å²) in [4.78, 5) is 3.33. The molecule has 0 radical (unpaired) electrons. The van der Waals surface area contributed by atoms with Crippen LogP contribution in [0, 0.1) is 6.92 Å². The predicted molar refractivity (Wildman–Crippen MR) is 85.3 cm³/mol. The maximum Gasteiger partial charge on any atom is 0.261 e. The van der Waals surface area contributed by atoms with E-state index in [1.165, 1.54) is 12.1 Å². The first-order chi connectivity index (χ1) is 9.94. The van der Waals surface area contributed by atoms with Gasteiger partial charge in [0, 0.05) is 27.3 Å². The van der Waals surface area contributed by atoms with Crippen LogP contribution in [0.25, 0.3) is 10.9 Å². The van der Waals surface area contributed by atoms with Crippen LogP contribution in [-0.4, -0.2) is 13.4 Å². The number of benzene rings is 2. The molecule has 21 heavy (non-hydrogen) atoms. The lowest BCUT2D eigenvalue weighted by molar-refractivity contribution is 0.601. The van der Waals surface area contributed by atoms with Gasteiger partial charge in [0.15, 0.2) is 0 Å². The lowest BCUT2D eigenvalue weighted by atomic mass is 10.2. The van der Waals surface area contributed by atoms with Crippen LogP contribution in [0.5, 0.6) is 0 Å². The number of nitrogens with one attached hydrogen (secondary N) is 2. The Morgan fingerprint density at radius 1 is 1.10 bits per heavy atom. The molecule has 0 amide bonds. The van der Waals surface area contributed by atoms with Crippen molar-refractivity contribution in [2.24, 2.45) is 0 Å². The van der Waals surface area contributed by atoms with Gasteiger partial charge in [0.1, 0.15) is 0 Å². The van der Waals surface area contributed by atoms with Gasteiger partial charge in [0.05, 0.1) is 4.90 Å². The second kappa shape index (κ2) is 5.09. The van der Waals surface area contributed by atoms with Crippen molar-refractivity contribution in [1.29, 1.82) is 0 Å². The lowest BCUT2D eigenvalue weighted by Gasteiger charge is -2.08. The summed E-state index contributed by atoms with van der Waals surface area (Å²) in [6, 6.07) is 13.5. The Labute approximate surface area is 127 Å². The molecule has 0 bridgehead atoms. The fourth-order valence-corrected chi connectivity index (χ4v) is 3.54. The third-order valence-electron chi connectivity index (χ3n) is 3.11. The highest BCUT2D eigenvalue weighted by Gasteiger charge is 2.14. The van der Waals surface area contributed by atoms with Gasteiger partial charge in [-0.3, -0.25) is 4.72 Å². The van der Waals surface area contributed by atoms with Gasteiger partial charge in [0.25, 0.3) is 10.0 Å². The molecule has 3 rings (SSSR count). The van der Waals surface area contributed by atoms with Gasteiger partial charge >= 0.3 is 0 Å².